The van der Waals surface area contributed by atoms with E-state index >= 15 is 8.78 Å². The van der Waals surface area contributed by atoms with Crippen LogP contribution in [-0.2, 0) is 10.3 Å². The summed E-state index contributed by atoms with van der Waals surface area (Å²) in [6.07, 6.45) is 1.51. The van der Waals surface area contributed by atoms with Crippen LogP contribution < -0.4 is 15.8 Å². The first-order valence-corrected chi connectivity index (χ1v) is 8.93. The Labute approximate surface area is 166 Å². The van der Waals surface area contributed by atoms with Crippen LogP contribution in [0.1, 0.15) is 26.3 Å². The Morgan fingerprint density at radius 1 is 1.14 bits per heavy atom. The third kappa shape index (κ3) is 3.62. The SMILES string of the molecule is COc1ccc(Nc2ccc(F)c([C@@]3(C)N=C(N)COC(C)(C)C3(F)F)c2)cn1. The van der Waals surface area contributed by atoms with Gasteiger partial charge >= 0.3 is 5.92 Å². The lowest BCUT2D eigenvalue weighted by Gasteiger charge is -2.42. The van der Waals surface area contributed by atoms with Crippen molar-refractivity contribution in [2.75, 3.05) is 19.0 Å². The summed E-state index contributed by atoms with van der Waals surface area (Å²) in [7, 11) is 1.49. The van der Waals surface area contributed by atoms with Crippen molar-refractivity contribution < 1.29 is 22.6 Å². The first-order chi connectivity index (χ1) is 13.5. The Hall–Kier alpha value is -2.81. The number of methoxy groups -OCH3 is 1. The number of pyridine rings is 1. The quantitative estimate of drug-likeness (QED) is 0.800. The molecule has 0 spiro atoms. The van der Waals surface area contributed by atoms with Gasteiger partial charge in [-0.25, -0.2) is 18.2 Å². The average Bonchev–Trinajstić information content (AvgIpc) is 2.73. The molecular weight excluding hydrogens is 385 g/mol. The molecule has 1 aromatic heterocycles. The van der Waals surface area contributed by atoms with E-state index in [4.69, 9.17) is 15.2 Å². The molecule has 1 aliphatic rings. The van der Waals surface area contributed by atoms with Crippen molar-refractivity contribution >= 4 is 17.2 Å². The molecule has 0 fully saturated rings. The van der Waals surface area contributed by atoms with E-state index in [1.807, 2.05) is 0 Å². The molecule has 29 heavy (non-hydrogen) atoms. The first kappa shape index (κ1) is 20.9. The summed E-state index contributed by atoms with van der Waals surface area (Å²) in [6, 6.07) is 7.18. The largest absolute Gasteiger partial charge is 0.481 e. The van der Waals surface area contributed by atoms with E-state index < -0.39 is 22.9 Å². The molecule has 1 atom stereocenters. The number of hydrogen-bond donors (Lipinski definition) is 2. The first-order valence-electron chi connectivity index (χ1n) is 8.93. The van der Waals surface area contributed by atoms with Crippen molar-refractivity contribution in [1.29, 1.82) is 0 Å². The number of anilines is 2. The minimum absolute atomic E-state index is 0.130. The normalized spacial score (nSPS) is 23.1. The van der Waals surface area contributed by atoms with Gasteiger partial charge in [0.05, 0.1) is 19.0 Å². The van der Waals surface area contributed by atoms with E-state index in [0.29, 0.717) is 17.3 Å². The molecule has 0 saturated carbocycles. The molecule has 0 unspecified atom stereocenters. The highest BCUT2D eigenvalue weighted by Gasteiger charge is 2.63. The number of alkyl halides is 2. The maximum atomic E-state index is 15.5. The summed E-state index contributed by atoms with van der Waals surface area (Å²) >= 11 is 0. The second-order valence-corrected chi connectivity index (χ2v) is 7.46. The van der Waals surface area contributed by atoms with Crippen molar-refractivity contribution in [3.8, 4) is 5.88 Å². The molecule has 1 aliphatic heterocycles. The molecule has 0 saturated heterocycles. The van der Waals surface area contributed by atoms with E-state index in [0.717, 1.165) is 13.0 Å². The van der Waals surface area contributed by atoms with Crippen LogP contribution in [0, 0.1) is 5.82 Å². The van der Waals surface area contributed by atoms with Crippen molar-refractivity contribution in [3.63, 3.8) is 0 Å². The van der Waals surface area contributed by atoms with Crippen molar-refractivity contribution in [3.05, 3.63) is 47.9 Å². The van der Waals surface area contributed by atoms with E-state index in [9.17, 15) is 4.39 Å². The van der Waals surface area contributed by atoms with Gasteiger partial charge in [0.2, 0.25) is 5.88 Å². The van der Waals surface area contributed by atoms with Gasteiger partial charge < -0.3 is 20.5 Å². The van der Waals surface area contributed by atoms with Gasteiger partial charge in [0.1, 0.15) is 23.9 Å². The van der Waals surface area contributed by atoms with Crippen LogP contribution in [0.25, 0.3) is 0 Å². The Kier molecular flexibility index (Phi) is 5.20. The number of ether oxygens (including phenoxy) is 2. The number of halogens is 3. The predicted molar refractivity (Wildman–Crippen MR) is 104 cm³/mol. The van der Waals surface area contributed by atoms with E-state index in [1.54, 1.807) is 12.1 Å². The predicted octanol–water partition coefficient (Wildman–Crippen LogP) is 3.99. The number of benzene rings is 1. The Morgan fingerprint density at radius 2 is 1.83 bits per heavy atom. The Balaban J connectivity index is 2.06. The van der Waals surface area contributed by atoms with Gasteiger partial charge in [-0.15, -0.1) is 0 Å². The molecule has 1 aromatic carbocycles. The molecule has 0 radical (unpaired) electrons. The molecule has 0 amide bonds. The lowest BCUT2D eigenvalue weighted by atomic mass is 9.78. The number of rotatable bonds is 4. The molecule has 3 rings (SSSR count). The van der Waals surface area contributed by atoms with Crippen molar-refractivity contribution in [2.45, 2.75) is 37.8 Å². The molecule has 6 nitrogen and oxygen atoms in total. The third-order valence-electron chi connectivity index (χ3n) is 5.04. The highest BCUT2D eigenvalue weighted by molar-refractivity contribution is 5.82. The van der Waals surface area contributed by atoms with Crippen LogP contribution in [0.3, 0.4) is 0 Å². The standard InChI is InChI=1S/C20H23F3N4O2/c1-18(2)20(22,23)19(3,27-16(24)11-29-18)14-9-12(5-7-15(14)21)26-13-6-8-17(28-4)25-10-13/h5-10,26H,11H2,1-4H3,(H2,24,27)/t19-/m1/s1. The fourth-order valence-electron chi connectivity index (χ4n) is 3.27. The molecule has 0 aliphatic carbocycles. The number of amidine groups is 1. The average molecular weight is 408 g/mol. The van der Waals surface area contributed by atoms with Gasteiger partial charge in [-0.05, 0) is 45.0 Å². The zero-order chi connectivity index (χ0) is 21.4. The summed E-state index contributed by atoms with van der Waals surface area (Å²) in [5, 5.41) is 3.01. The molecule has 3 N–H and O–H groups in total. The van der Waals surface area contributed by atoms with Gasteiger partial charge in [-0.3, -0.25) is 4.99 Å². The molecular formula is C20H23F3N4O2. The van der Waals surface area contributed by atoms with Crippen LogP contribution in [0.5, 0.6) is 5.88 Å². The topological polar surface area (TPSA) is 81.8 Å². The summed E-state index contributed by atoms with van der Waals surface area (Å²) in [5.74, 6) is -4.08. The Morgan fingerprint density at radius 3 is 2.45 bits per heavy atom. The van der Waals surface area contributed by atoms with Crippen LogP contribution in [0.2, 0.25) is 0 Å². The van der Waals surface area contributed by atoms with Crippen LogP contribution in [0.4, 0.5) is 24.5 Å². The number of nitrogens with two attached hydrogens (primary N) is 1. The van der Waals surface area contributed by atoms with Gasteiger partial charge in [0, 0.05) is 17.3 Å². The number of aliphatic imine (C=N–C) groups is 1. The minimum atomic E-state index is -3.55. The maximum Gasteiger partial charge on any atom is 0.304 e. The number of nitrogens with zero attached hydrogens (tertiary/aromatic N) is 2. The summed E-state index contributed by atoms with van der Waals surface area (Å²) in [4.78, 5) is 8.05. The van der Waals surface area contributed by atoms with Gasteiger partial charge in [0.15, 0.2) is 5.54 Å². The van der Waals surface area contributed by atoms with Crippen LogP contribution in [-0.4, -0.2) is 36.1 Å². The summed E-state index contributed by atoms with van der Waals surface area (Å²) in [5.41, 5.74) is 2.25. The molecule has 156 valence electrons. The van der Waals surface area contributed by atoms with Gasteiger partial charge in [-0.2, -0.15) is 0 Å². The Bertz CT molecular complexity index is 932. The monoisotopic (exact) mass is 408 g/mol. The highest BCUT2D eigenvalue weighted by Crippen LogP contribution is 2.50. The number of hydrogen-bond acceptors (Lipinski definition) is 6. The lowest BCUT2D eigenvalue weighted by molar-refractivity contribution is -0.214. The molecule has 2 aromatic rings. The fraction of sp³-hybridized carbons (Fsp3) is 0.400. The zero-order valence-electron chi connectivity index (χ0n) is 16.6. The van der Waals surface area contributed by atoms with Crippen LogP contribution in [0.15, 0.2) is 41.5 Å². The lowest BCUT2D eigenvalue weighted by Crippen LogP contribution is -2.56. The molecule has 2 heterocycles. The van der Waals surface area contributed by atoms with Gasteiger partial charge in [0.25, 0.3) is 0 Å². The van der Waals surface area contributed by atoms with E-state index in [-0.39, 0.29) is 18.0 Å². The highest BCUT2D eigenvalue weighted by atomic mass is 19.3. The number of nitrogens with one attached hydrogen (secondary N) is 1. The minimum Gasteiger partial charge on any atom is -0.481 e. The molecule has 9 heteroatoms. The van der Waals surface area contributed by atoms with Crippen LogP contribution >= 0.6 is 0 Å². The second-order valence-electron chi connectivity index (χ2n) is 7.46. The van der Waals surface area contributed by atoms with Crippen molar-refractivity contribution in [1.82, 2.24) is 4.98 Å². The zero-order valence-corrected chi connectivity index (χ0v) is 16.6. The van der Waals surface area contributed by atoms with E-state index in [2.05, 4.69) is 15.3 Å². The van der Waals surface area contributed by atoms with Gasteiger partial charge in [-0.1, -0.05) is 0 Å². The van der Waals surface area contributed by atoms with E-state index in [1.165, 1.54) is 39.3 Å². The summed E-state index contributed by atoms with van der Waals surface area (Å²) in [6.45, 7) is 3.37. The summed E-state index contributed by atoms with van der Waals surface area (Å²) < 4.78 is 56.0. The number of aromatic nitrogens is 1. The smallest absolute Gasteiger partial charge is 0.304 e. The maximum absolute atomic E-state index is 15.5. The second kappa shape index (κ2) is 7.22. The van der Waals surface area contributed by atoms with Crippen molar-refractivity contribution in [2.24, 2.45) is 10.7 Å². The fourth-order valence-corrected chi connectivity index (χ4v) is 3.27. The molecule has 0 bridgehead atoms. The third-order valence-corrected chi connectivity index (χ3v) is 5.04.